The fourth-order valence-corrected chi connectivity index (χ4v) is 4.92. The first kappa shape index (κ1) is 23.6. The molecule has 0 saturated carbocycles. The van der Waals surface area contributed by atoms with Crippen molar-refractivity contribution < 1.29 is 13.9 Å². The fraction of sp³-hybridized carbons (Fsp3) is 0.185. The number of benzene rings is 2. The molecule has 0 N–H and O–H groups in total. The predicted molar refractivity (Wildman–Crippen MR) is 139 cm³/mol. The Hall–Kier alpha value is -4.11. The molecule has 8 nitrogen and oxygen atoms in total. The average molecular weight is 501 g/mol. The smallest absolute Gasteiger partial charge is 0.262 e. The topological polar surface area (TPSA) is 92.3 Å². The number of rotatable bonds is 8. The third kappa shape index (κ3) is 4.57. The first-order chi connectivity index (χ1) is 17.6. The van der Waals surface area contributed by atoms with Crippen molar-refractivity contribution in [2.45, 2.75) is 24.4 Å². The Morgan fingerprint density at radius 2 is 1.81 bits per heavy atom. The Kier molecular flexibility index (Phi) is 6.73. The van der Waals surface area contributed by atoms with Gasteiger partial charge in [0.2, 0.25) is 5.89 Å². The van der Waals surface area contributed by atoms with Crippen LogP contribution in [0.2, 0.25) is 0 Å². The number of fused-ring (bicyclic) bond motifs is 1. The van der Waals surface area contributed by atoms with E-state index in [9.17, 15) is 4.79 Å². The zero-order valence-corrected chi connectivity index (χ0v) is 20.9. The third-order valence-corrected chi connectivity index (χ3v) is 6.72. The van der Waals surface area contributed by atoms with E-state index < -0.39 is 0 Å². The first-order valence-electron chi connectivity index (χ1n) is 11.3. The summed E-state index contributed by atoms with van der Waals surface area (Å²) in [5.41, 5.74) is 2.79. The van der Waals surface area contributed by atoms with Gasteiger partial charge in [0, 0.05) is 11.9 Å². The minimum atomic E-state index is -0.104. The van der Waals surface area contributed by atoms with Crippen LogP contribution >= 0.6 is 11.8 Å². The molecule has 9 heteroatoms. The molecule has 3 heterocycles. The molecule has 0 aliphatic rings. The standard InChI is InChI=1S/C27H24N4O4S/c1-17-22(29-25(35-17)20-11-8-13-23(33-2)24(20)34-3)16-36-27-30-21-12-5-4-10-19(21)26(32)31(27)15-18-9-6-7-14-28-18/h4-14H,15-16H2,1-3H3. The number of para-hydroxylation sites is 2. The van der Waals surface area contributed by atoms with Gasteiger partial charge < -0.3 is 13.9 Å². The van der Waals surface area contributed by atoms with Gasteiger partial charge in [-0.05, 0) is 43.3 Å². The second kappa shape index (κ2) is 10.2. The fourth-order valence-electron chi connectivity index (χ4n) is 3.92. The molecular formula is C27H24N4O4S. The number of pyridine rings is 1. The highest BCUT2D eigenvalue weighted by Gasteiger charge is 2.19. The molecule has 5 aromatic rings. The summed E-state index contributed by atoms with van der Waals surface area (Å²) in [6, 6.07) is 18.6. The highest BCUT2D eigenvalue weighted by molar-refractivity contribution is 7.98. The van der Waals surface area contributed by atoms with Crippen LogP contribution in [0, 0.1) is 6.92 Å². The number of methoxy groups -OCH3 is 2. The van der Waals surface area contributed by atoms with Crippen LogP contribution in [-0.2, 0) is 12.3 Å². The minimum Gasteiger partial charge on any atom is -0.493 e. The van der Waals surface area contributed by atoms with E-state index in [1.165, 1.54) is 11.8 Å². The molecular weight excluding hydrogens is 476 g/mol. The molecule has 0 aliphatic heterocycles. The number of hydrogen-bond acceptors (Lipinski definition) is 8. The van der Waals surface area contributed by atoms with E-state index in [0.29, 0.717) is 57.1 Å². The maximum atomic E-state index is 13.4. The van der Waals surface area contributed by atoms with E-state index in [0.717, 1.165) is 11.4 Å². The maximum Gasteiger partial charge on any atom is 0.262 e. The monoisotopic (exact) mass is 500 g/mol. The van der Waals surface area contributed by atoms with E-state index in [2.05, 4.69) is 4.98 Å². The van der Waals surface area contributed by atoms with Gasteiger partial charge in [-0.3, -0.25) is 14.3 Å². The molecule has 0 amide bonds. The number of oxazole rings is 1. The lowest BCUT2D eigenvalue weighted by Crippen LogP contribution is -2.24. The molecule has 0 fully saturated rings. The summed E-state index contributed by atoms with van der Waals surface area (Å²) in [7, 11) is 3.17. The van der Waals surface area contributed by atoms with E-state index in [1.807, 2.05) is 61.5 Å². The molecule has 5 rings (SSSR count). The van der Waals surface area contributed by atoms with Crippen molar-refractivity contribution in [1.29, 1.82) is 0 Å². The maximum absolute atomic E-state index is 13.4. The summed E-state index contributed by atoms with van der Waals surface area (Å²) in [4.78, 5) is 27.3. The minimum absolute atomic E-state index is 0.104. The Morgan fingerprint density at radius 1 is 0.972 bits per heavy atom. The Balaban J connectivity index is 1.49. The summed E-state index contributed by atoms with van der Waals surface area (Å²) < 4.78 is 18.6. The van der Waals surface area contributed by atoms with E-state index in [4.69, 9.17) is 23.9 Å². The van der Waals surface area contributed by atoms with Crippen LogP contribution in [0.15, 0.2) is 81.2 Å². The zero-order valence-electron chi connectivity index (χ0n) is 20.1. The molecule has 2 aromatic carbocycles. The quantitative estimate of drug-likeness (QED) is 0.214. The lowest BCUT2D eigenvalue weighted by Gasteiger charge is -2.12. The second-order valence-corrected chi connectivity index (χ2v) is 8.92. The molecule has 0 spiro atoms. The molecule has 3 aromatic heterocycles. The Bertz CT molecular complexity index is 1580. The van der Waals surface area contributed by atoms with Gasteiger partial charge in [-0.15, -0.1) is 0 Å². The van der Waals surface area contributed by atoms with Crippen molar-refractivity contribution in [2.75, 3.05) is 14.2 Å². The number of aryl methyl sites for hydroxylation is 1. The highest BCUT2D eigenvalue weighted by Crippen LogP contribution is 2.38. The van der Waals surface area contributed by atoms with Crippen molar-refractivity contribution in [2.24, 2.45) is 0 Å². The first-order valence-corrected chi connectivity index (χ1v) is 12.3. The predicted octanol–water partition coefficient (Wildman–Crippen LogP) is 5.11. The molecule has 0 bridgehead atoms. The molecule has 36 heavy (non-hydrogen) atoms. The molecule has 0 atom stereocenters. The van der Waals surface area contributed by atoms with Crippen molar-refractivity contribution in [3.63, 3.8) is 0 Å². The summed E-state index contributed by atoms with van der Waals surface area (Å²) in [6.45, 7) is 2.19. The SMILES string of the molecule is COc1cccc(-c2nc(CSc3nc4ccccc4c(=O)n3Cc3ccccn3)c(C)o2)c1OC. The molecule has 0 radical (unpaired) electrons. The van der Waals surface area contributed by atoms with Gasteiger partial charge in [-0.25, -0.2) is 9.97 Å². The summed E-state index contributed by atoms with van der Waals surface area (Å²) in [6.07, 6.45) is 1.72. The van der Waals surface area contributed by atoms with Gasteiger partial charge in [-0.1, -0.05) is 36.0 Å². The van der Waals surface area contributed by atoms with Crippen LogP contribution < -0.4 is 15.0 Å². The summed E-state index contributed by atoms with van der Waals surface area (Å²) in [5, 5.41) is 1.16. The molecule has 182 valence electrons. The van der Waals surface area contributed by atoms with Gasteiger partial charge in [0.15, 0.2) is 16.7 Å². The number of hydrogen-bond donors (Lipinski definition) is 0. The lowest BCUT2D eigenvalue weighted by molar-refractivity contribution is 0.355. The number of ether oxygens (including phenoxy) is 2. The van der Waals surface area contributed by atoms with Gasteiger partial charge in [0.1, 0.15) is 5.76 Å². The molecule has 0 aliphatic carbocycles. The van der Waals surface area contributed by atoms with Crippen LogP contribution in [0.3, 0.4) is 0 Å². The Morgan fingerprint density at radius 3 is 2.58 bits per heavy atom. The molecule has 0 unspecified atom stereocenters. The van der Waals surface area contributed by atoms with Crippen molar-refractivity contribution in [3.8, 4) is 23.0 Å². The number of aromatic nitrogens is 4. The van der Waals surface area contributed by atoms with Crippen LogP contribution in [0.25, 0.3) is 22.4 Å². The Labute approximate surface area is 212 Å². The van der Waals surface area contributed by atoms with Crippen molar-refractivity contribution >= 4 is 22.7 Å². The van der Waals surface area contributed by atoms with Crippen LogP contribution in [-0.4, -0.2) is 33.7 Å². The van der Waals surface area contributed by atoms with E-state index >= 15 is 0 Å². The summed E-state index contributed by atoms with van der Waals surface area (Å²) in [5.74, 6) is 2.74. The average Bonchev–Trinajstić information content (AvgIpc) is 3.29. The van der Waals surface area contributed by atoms with Crippen LogP contribution in [0.5, 0.6) is 11.5 Å². The van der Waals surface area contributed by atoms with Crippen LogP contribution in [0.4, 0.5) is 0 Å². The van der Waals surface area contributed by atoms with Crippen LogP contribution in [0.1, 0.15) is 17.1 Å². The van der Waals surface area contributed by atoms with Gasteiger partial charge in [0.25, 0.3) is 5.56 Å². The molecule has 0 saturated heterocycles. The van der Waals surface area contributed by atoms with Gasteiger partial charge in [-0.2, -0.15) is 0 Å². The van der Waals surface area contributed by atoms with Crippen molar-refractivity contribution in [3.05, 3.63) is 94.4 Å². The van der Waals surface area contributed by atoms with E-state index in [1.54, 1.807) is 31.0 Å². The van der Waals surface area contributed by atoms with Gasteiger partial charge >= 0.3 is 0 Å². The van der Waals surface area contributed by atoms with E-state index in [-0.39, 0.29) is 5.56 Å². The second-order valence-electron chi connectivity index (χ2n) is 7.98. The lowest BCUT2D eigenvalue weighted by atomic mass is 10.2. The summed E-state index contributed by atoms with van der Waals surface area (Å²) >= 11 is 1.43. The zero-order chi connectivity index (χ0) is 25.1. The highest BCUT2D eigenvalue weighted by atomic mass is 32.2. The third-order valence-electron chi connectivity index (χ3n) is 5.74. The van der Waals surface area contributed by atoms with Crippen molar-refractivity contribution in [1.82, 2.24) is 19.5 Å². The van der Waals surface area contributed by atoms with Gasteiger partial charge in [0.05, 0.1) is 48.6 Å². The number of nitrogens with zero attached hydrogens (tertiary/aromatic N) is 4. The number of thioether (sulfide) groups is 1. The largest absolute Gasteiger partial charge is 0.493 e. The normalized spacial score (nSPS) is 11.1.